The summed E-state index contributed by atoms with van der Waals surface area (Å²) >= 11 is 0. The number of hydrogen-bond acceptors (Lipinski definition) is 5. The maximum atomic E-state index is 9.66. The van der Waals surface area contributed by atoms with Crippen LogP contribution in [0.1, 0.15) is 0 Å². The Labute approximate surface area is 92.5 Å². The summed E-state index contributed by atoms with van der Waals surface area (Å²) in [6.45, 7) is 0. The van der Waals surface area contributed by atoms with Crippen molar-refractivity contribution < 1.29 is 9.84 Å². The lowest BCUT2D eigenvalue weighted by atomic mass is 10.1. The molecule has 0 fully saturated rings. The lowest BCUT2D eigenvalue weighted by Crippen LogP contribution is -1.99. The van der Waals surface area contributed by atoms with Crippen molar-refractivity contribution in [2.75, 3.05) is 12.8 Å². The number of phenols is 1. The second-order valence-electron chi connectivity index (χ2n) is 3.20. The molecular formula is C11H11N3O2. The molecule has 2 rings (SSSR count). The zero-order chi connectivity index (χ0) is 11.5. The van der Waals surface area contributed by atoms with Gasteiger partial charge in [0.2, 0.25) is 0 Å². The summed E-state index contributed by atoms with van der Waals surface area (Å²) < 4.78 is 5.04. The van der Waals surface area contributed by atoms with Crippen molar-refractivity contribution >= 4 is 5.82 Å². The zero-order valence-corrected chi connectivity index (χ0v) is 8.71. The third-order valence-corrected chi connectivity index (χ3v) is 2.19. The van der Waals surface area contributed by atoms with E-state index in [4.69, 9.17) is 10.5 Å². The third kappa shape index (κ3) is 1.75. The van der Waals surface area contributed by atoms with Crippen LogP contribution in [0.15, 0.2) is 30.3 Å². The molecule has 2 aromatic rings. The number of aromatic nitrogens is 2. The monoisotopic (exact) mass is 217 g/mol. The Hall–Kier alpha value is -2.30. The molecule has 0 unspecified atom stereocenters. The van der Waals surface area contributed by atoms with Crippen molar-refractivity contribution in [2.45, 2.75) is 0 Å². The Bertz CT molecular complexity index is 514. The van der Waals surface area contributed by atoms with E-state index in [0.29, 0.717) is 17.0 Å². The fourth-order valence-electron chi connectivity index (χ4n) is 1.37. The van der Waals surface area contributed by atoms with Gasteiger partial charge in [-0.15, -0.1) is 10.2 Å². The van der Waals surface area contributed by atoms with Crippen LogP contribution in [0.25, 0.3) is 11.3 Å². The van der Waals surface area contributed by atoms with Gasteiger partial charge in [0.15, 0.2) is 11.6 Å². The van der Waals surface area contributed by atoms with Crippen molar-refractivity contribution in [3.05, 3.63) is 30.3 Å². The topological polar surface area (TPSA) is 81.3 Å². The van der Waals surface area contributed by atoms with Gasteiger partial charge in [-0.05, 0) is 12.1 Å². The molecule has 0 saturated carbocycles. The molecule has 1 aromatic heterocycles. The highest BCUT2D eigenvalue weighted by Crippen LogP contribution is 2.30. The molecule has 0 aliphatic carbocycles. The lowest BCUT2D eigenvalue weighted by Gasteiger charge is -2.06. The first-order chi connectivity index (χ1) is 7.72. The number of phenolic OH excluding ortho intramolecular Hbond substituents is 1. The van der Waals surface area contributed by atoms with Crippen LogP contribution in [0.4, 0.5) is 5.82 Å². The molecule has 0 aliphatic rings. The summed E-state index contributed by atoms with van der Waals surface area (Å²) in [5, 5.41) is 17.3. The summed E-state index contributed by atoms with van der Waals surface area (Å²) in [4.78, 5) is 0. The van der Waals surface area contributed by atoms with E-state index in [1.54, 1.807) is 30.3 Å². The summed E-state index contributed by atoms with van der Waals surface area (Å²) in [7, 11) is 1.50. The van der Waals surface area contributed by atoms with E-state index in [-0.39, 0.29) is 11.6 Å². The highest BCUT2D eigenvalue weighted by atomic mass is 16.5. The van der Waals surface area contributed by atoms with E-state index in [0.717, 1.165) is 0 Å². The predicted molar refractivity (Wildman–Crippen MR) is 60.1 cm³/mol. The Morgan fingerprint density at radius 2 is 2.00 bits per heavy atom. The molecular weight excluding hydrogens is 206 g/mol. The van der Waals surface area contributed by atoms with Crippen LogP contribution >= 0.6 is 0 Å². The molecule has 0 atom stereocenters. The SMILES string of the molecule is COc1cc(-c2ccccc2O)nnc1N. The minimum atomic E-state index is 0.142. The molecule has 0 saturated heterocycles. The molecule has 82 valence electrons. The quantitative estimate of drug-likeness (QED) is 0.795. The van der Waals surface area contributed by atoms with Crippen molar-refractivity contribution in [2.24, 2.45) is 0 Å². The standard InChI is InChI=1S/C11H11N3O2/c1-16-10-6-8(13-14-11(10)12)7-4-2-3-5-9(7)15/h2-6,15H,1H3,(H2,12,14). The van der Waals surface area contributed by atoms with Crippen LogP contribution in [-0.4, -0.2) is 22.4 Å². The fourth-order valence-corrected chi connectivity index (χ4v) is 1.37. The second kappa shape index (κ2) is 4.06. The summed E-state index contributed by atoms with van der Waals surface area (Å²) in [5.41, 5.74) is 6.66. The average Bonchev–Trinajstić information content (AvgIpc) is 2.31. The summed E-state index contributed by atoms with van der Waals surface area (Å²) in [6, 6.07) is 8.51. The van der Waals surface area contributed by atoms with E-state index in [1.165, 1.54) is 7.11 Å². The molecule has 5 heteroatoms. The van der Waals surface area contributed by atoms with Crippen LogP contribution in [0, 0.1) is 0 Å². The highest BCUT2D eigenvalue weighted by molar-refractivity contribution is 5.68. The summed E-state index contributed by atoms with van der Waals surface area (Å²) in [6.07, 6.45) is 0. The Balaban J connectivity index is 2.53. The van der Waals surface area contributed by atoms with Gasteiger partial charge in [0.1, 0.15) is 11.4 Å². The average molecular weight is 217 g/mol. The Kier molecular flexibility index (Phi) is 2.59. The van der Waals surface area contributed by atoms with E-state index in [2.05, 4.69) is 10.2 Å². The zero-order valence-electron chi connectivity index (χ0n) is 8.71. The van der Waals surface area contributed by atoms with E-state index >= 15 is 0 Å². The van der Waals surface area contributed by atoms with Crippen LogP contribution < -0.4 is 10.5 Å². The number of benzene rings is 1. The molecule has 3 N–H and O–H groups in total. The number of para-hydroxylation sites is 1. The van der Waals surface area contributed by atoms with Crippen molar-refractivity contribution in [1.82, 2.24) is 10.2 Å². The molecule has 0 radical (unpaired) electrons. The molecule has 0 bridgehead atoms. The van der Waals surface area contributed by atoms with Gasteiger partial charge >= 0.3 is 0 Å². The maximum absolute atomic E-state index is 9.66. The molecule has 16 heavy (non-hydrogen) atoms. The first-order valence-electron chi connectivity index (χ1n) is 4.68. The van der Waals surface area contributed by atoms with Gasteiger partial charge in [-0.25, -0.2) is 0 Å². The number of methoxy groups -OCH3 is 1. The largest absolute Gasteiger partial charge is 0.507 e. The number of aromatic hydroxyl groups is 1. The molecule has 5 nitrogen and oxygen atoms in total. The van der Waals surface area contributed by atoms with Crippen molar-refractivity contribution in [3.8, 4) is 22.8 Å². The van der Waals surface area contributed by atoms with Crippen molar-refractivity contribution in [1.29, 1.82) is 0 Å². The number of rotatable bonds is 2. The number of nitrogen functional groups attached to an aromatic ring is 1. The van der Waals surface area contributed by atoms with Gasteiger partial charge in [0, 0.05) is 11.6 Å². The molecule has 0 aliphatic heterocycles. The van der Waals surface area contributed by atoms with Crippen molar-refractivity contribution in [3.63, 3.8) is 0 Å². The van der Waals surface area contributed by atoms with E-state index in [1.807, 2.05) is 0 Å². The number of ether oxygens (including phenoxy) is 1. The predicted octanol–water partition coefficient (Wildman–Crippen LogP) is 1.44. The van der Waals surface area contributed by atoms with Gasteiger partial charge < -0.3 is 15.6 Å². The lowest BCUT2D eigenvalue weighted by molar-refractivity contribution is 0.414. The summed E-state index contributed by atoms with van der Waals surface area (Å²) in [5.74, 6) is 0.804. The van der Waals surface area contributed by atoms with Crippen LogP contribution in [0.5, 0.6) is 11.5 Å². The first-order valence-corrected chi connectivity index (χ1v) is 4.68. The Morgan fingerprint density at radius 1 is 1.25 bits per heavy atom. The van der Waals surface area contributed by atoms with Gasteiger partial charge in [-0.2, -0.15) is 0 Å². The van der Waals surface area contributed by atoms with E-state index < -0.39 is 0 Å². The second-order valence-corrected chi connectivity index (χ2v) is 3.20. The minimum absolute atomic E-state index is 0.142. The number of nitrogens with zero attached hydrogens (tertiary/aromatic N) is 2. The number of anilines is 1. The van der Waals surface area contributed by atoms with Gasteiger partial charge in [0.05, 0.1) is 7.11 Å². The van der Waals surface area contributed by atoms with Gasteiger partial charge in [0.25, 0.3) is 0 Å². The minimum Gasteiger partial charge on any atom is -0.507 e. The van der Waals surface area contributed by atoms with Gasteiger partial charge in [-0.1, -0.05) is 12.1 Å². The smallest absolute Gasteiger partial charge is 0.188 e. The van der Waals surface area contributed by atoms with Gasteiger partial charge in [-0.3, -0.25) is 0 Å². The highest BCUT2D eigenvalue weighted by Gasteiger charge is 2.09. The van der Waals surface area contributed by atoms with Crippen LogP contribution in [0.2, 0.25) is 0 Å². The van der Waals surface area contributed by atoms with E-state index in [9.17, 15) is 5.11 Å². The van der Waals surface area contributed by atoms with Crippen LogP contribution in [-0.2, 0) is 0 Å². The third-order valence-electron chi connectivity index (χ3n) is 2.19. The number of nitrogens with two attached hydrogens (primary N) is 1. The maximum Gasteiger partial charge on any atom is 0.188 e. The molecule has 0 amide bonds. The Morgan fingerprint density at radius 3 is 2.69 bits per heavy atom. The molecule has 0 spiro atoms. The first kappa shape index (κ1) is 10.2. The van der Waals surface area contributed by atoms with Crippen LogP contribution in [0.3, 0.4) is 0 Å². The molecule has 1 heterocycles. The molecule has 1 aromatic carbocycles. The fraction of sp³-hybridized carbons (Fsp3) is 0.0909. The number of hydrogen-bond donors (Lipinski definition) is 2. The normalized spacial score (nSPS) is 10.1.